The van der Waals surface area contributed by atoms with Crippen molar-refractivity contribution in [3.8, 4) is 17.2 Å². The molecule has 0 bridgehead atoms. The lowest BCUT2D eigenvalue weighted by Crippen LogP contribution is -2.38. The first kappa shape index (κ1) is 26.1. The van der Waals surface area contributed by atoms with Crippen LogP contribution in [0.25, 0.3) is 10.9 Å². The average molecular weight is 521 g/mol. The fourth-order valence-electron chi connectivity index (χ4n) is 4.16. The molecule has 0 radical (unpaired) electrons. The molecular weight excluding hydrogens is 492 g/mol. The van der Waals surface area contributed by atoms with E-state index in [1.165, 1.54) is 13.8 Å². The van der Waals surface area contributed by atoms with Crippen LogP contribution in [-0.2, 0) is 18.4 Å². The zero-order valence-electron chi connectivity index (χ0n) is 21.4. The number of amides is 1. The fourth-order valence-corrected chi connectivity index (χ4v) is 4.33. The summed E-state index contributed by atoms with van der Waals surface area (Å²) in [4.78, 5) is 24.4. The first-order chi connectivity index (χ1) is 17.5. The van der Waals surface area contributed by atoms with Crippen molar-refractivity contribution in [2.24, 2.45) is 7.05 Å². The Labute approximate surface area is 220 Å². The zero-order valence-corrected chi connectivity index (χ0v) is 22.1. The predicted molar refractivity (Wildman–Crippen MR) is 144 cm³/mol. The highest BCUT2D eigenvalue weighted by Crippen LogP contribution is 2.30. The van der Waals surface area contributed by atoms with Gasteiger partial charge in [-0.15, -0.1) is 0 Å². The molecule has 8 heteroatoms. The van der Waals surface area contributed by atoms with E-state index in [0.29, 0.717) is 34.5 Å². The second-order valence-corrected chi connectivity index (χ2v) is 9.91. The highest BCUT2D eigenvalue weighted by molar-refractivity contribution is 6.31. The van der Waals surface area contributed by atoms with Crippen molar-refractivity contribution >= 4 is 34.4 Å². The van der Waals surface area contributed by atoms with Crippen molar-refractivity contribution in [3.63, 3.8) is 0 Å². The Morgan fingerprint density at radius 1 is 1.03 bits per heavy atom. The lowest BCUT2D eigenvalue weighted by molar-refractivity contribution is -0.152. The first-order valence-electron chi connectivity index (χ1n) is 11.8. The number of fused-ring (bicyclic) bond motifs is 1. The van der Waals surface area contributed by atoms with Crippen LogP contribution in [0.1, 0.15) is 41.0 Å². The number of nitrogens with one attached hydrogen (secondary N) is 1. The average Bonchev–Trinajstić information content (AvgIpc) is 3.08. The van der Waals surface area contributed by atoms with E-state index >= 15 is 0 Å². The van der Waals surface area contributed by atoms with Gasteiger partial charge in [-0.2, -0.15) is 0 Å². The van der Waals surface area contributed by atoms with Crippen LogP contribution in [0.3, 0.4) is 0 Å². The van der Waals surface area contributed by atoms with E-state index in [1.54, 1.807) is 18.2 Å². The Morgan fingerprint density at radius 2 is 1.76 bits per heavy atom. The molecule has 0 aliphatic rings. The smallest absolute Gasteiger partial charge is 0.347 e. The molecule has 0 aliphatic carbocycles. The number of hydrogen-bond donors (Lipinski definition) is 2. The molecule has 0 unspecified atom stereocenters. The molecule has 1 amide bonds. The number of carbonyl (C=O) groups is 2. The Hall–Kier alpha value is -3.97. The molecule has 0 fully saturated rings. The molecule has 0 atom stereocenters. The van der Waals surface area contributed by atoms with Gasteiger partial charge in [-0.25, -0.2) is 4.79 Å². The number of halogens is 1. The molecule has 0 aliphatic heterocycles. The van der Waals surface area contributed by atoms with Crippen LogP contribution in [-0.4, -0.2) is 27.2 Å². The molecule has 3 aromatic carbocycles. The quantitative estimate of drug-likeness (QED) is 0.280. The summed E-state index contributed by atoms with van der Waals surface area (Å²) < 4.78 is 13.5. The van der Waals surface area contributed by atoms with Crippen molar-refractivity contribution in [1.29, 1.82) is 0 Å². The minimum absolute atomic E-state index is 0.172. The highest BCUT2D eigenvalue weighted by atomic mass is 35.5. The number of hydrogen-bond acceptors (Lipinski definition) is 4. The van der Waals surface area contributed by atoms with Gasteiger partial charge in [0, 0.05) is 29.5 Å². The zero-order chi connectivity index (χ0) is 26.9. The second kappa shape index (κ2) is 10.2. The van der Waals surface area contributed by atoms with Gasteiger partial charge >= 0.3 is 5.97 Å². The van der Waals surface area contributed by atoms with E-state index in [4.69, 9.17) is 21.1 Å². The molecule has 1 aromatic heterocycles. The summed E-state index contributed by atoms with van der Waals surface area (Å²) in [7, 11) is 1.87. The Balaban J connectivity index is 1.45. The number of aliphatic carboxylic acids is 1. The van der Waals surface area contributed by atoms with Crippen LogP contribution >= 0.6 is 11.6 Å². The maximum absolute atomic E-state index is 13.1. The fraction of sp³-hybridized carbons (Fsp3) is 0.241. The van der Waals surface area contributed by atoms with Gasteiger partial charge < -0.3 is 24.5 Å². The number of ether oxygens (including phenoxy) is 2. The van der Waals surface area contributed by atoms with Crippen molar-refractivity contribution in [2.75, 3.05) is 0 Å². The Kier molecular flexibility index (Phi) is 7.18. The minimum Gasteiger partial charge on any atom is -0.478 e. The summed E-state index contributed by atoms with van der Waals surface area (Å²) in [5.74, 6) is 0.456. The van der Waals surface area contributed by atoms with Crippen molar-refractivity contribution in [3.05, 3.63) is 88.1 Å². The summed E-state index contributed by atoms with van der Waals surface area (Å²) in [6.07, 6.45) is 0. The molecule has 192 valence electrons. The maximum atomic E-state index is 13.1. The van der Waals surface area contributed by atoms with Crippen molar-refractivity contribution < 1.29 is 24.2 Å². The number of benzene rings is 3. The number of nitrogens with zero attached hydrogens (tertiary/aromatic N) is 1. The number of rotatable bonds is 8. The number of carboxylic acid groups (broad SMARTS) is 1. The molecule has 4 rings (SSSR count). The van der Waals surface area contributed by atoms with Crippen LogP contribution in [0.4, 0.5) is 0 Å². The molecule has 37 heavy (non-hydrogen) atoms. The lowest BCUT2D eigenvalue weighted by Gasteiger charge is -2.23. The van der Waals surface area contributed by atoms with Gasteiger partial charge in [0.2, 0.25) is 0 Å². The number of carbonyl (C=O) groups excluding carboxylic acids is 1. The summed E-state index contributed by atoms with van der Waals surface area (Å²) in [5.41, 5.74) is 2.70. The predicted octanol–water partition coefficient (Wildman–Crippen LogP) is 6.41. The SMILES string of the molecule is Cc1cc(Oc2cccc(CNC(=O)c3c(C)c4cc(Cl)ccc4n3C)c2)ccc1OC(C)(C)C(=O)O. The standard InChI is InChI=1S/C29H29ClN2O5/c1-17-13-22(10-12-25(17)37-29(3,4)28(34)35)36-21-8-6-7-19(14-21)16-31-27(33)26-18(2)23-15-20(30)9-11-24(23)32(26)5/h6-15H,16H2,1-5H3,(H,31,33)(H,34,35). The topological polar surface area (TPSA) is 89.8 Å². The Bertz CT molecular complexity index is 1510. The van der Waals surface area contributed by atoms with Gasteiger partial charge in [0.15, 0.2) is 5.60 Å². The largest absolute Gasteiger partial charge is 0.478 e. The molecule has 0 saturated heterocycles. The van der Waals surface area contributed by atoms with Crippen LogP contribution in [0.2, 0.25) is 5.02 Å². The van der Waals surface area contributed by atoms with E-state index < -0.39 is 11.6 Å². The van der Waals surface area contributed by atoms with E-state index in [-0.39, 0.29) is 5.91 Å². The molecule has 0 spiro atoms. The number of carboxylic acids is 1. The van der Waals surface area contributed by atoms with Gasteiger partial charge in [0.1, 0.15) is 22.9 Å². The summed E-state index contributed by atoms with van der Waals surface area (Å²) >= 11 is 6.15. The monoisotopic (exact) mass is 520 g/mol. The van der Waals surface area contributed by atoms with E-state index in [9.17, 15) is 14.7 Å². The van der Waals surface area contributed by atoms with E-state index in [2.05, 4.69) is 5.32 Å². The van der Waals surface area contributed by atoms with Crippen molar-refractivity contribution in [2.45, 2.75) is 39.8 Å². The van der Waals surface area contributed by atoms with Crippen molar-refractivity contribution in [1.82, 2.24) is 9.88 Å². The van der Waals surface area contributed by atoms with Crippen LogP contribution in [0, 0.1) is 13.8 Å². The maximum Gasteiger partial charge on any atom is 0.347 e. The van der Waals surface area contributed by atoms with Gasteiger partial charge in [0.25, 0.3) is 5.91 Å². The number of aryl methyl sites for hydroxylation is 3. The Morgan fingerprint density at radius 3 is 2.46 bits per heavy atom. The molecule has 4 aromatic rings. The van der Waals surface area contributed by atoms with E-state index in [0.717, 1.165) is 27.6 Å². The normalized spacial score (nSPS) is 11.4. The molecule has 1 heterocycles. The van der Waals surface area contributed by atoms with Crippen LogP contribution in [0.5, 0.6) is 17.2 Å². The third kappa shape index (κ3) is 5.57. The summed E-state index contributed by atoms with van der Waals surface area (Å²) in [5, 5.41) is 13.9. The third-order valence-corrected chi connectivity index (χ3v) is 6.48. The molecule has 7 nitrogen and oxygen atoms in total. The molecule has 2 N–H and O–H groups in total. The van der Waals surface area contributed by atoms with Crippen LogP contribution in [0.15, 0.2) is 60.7 Å². The lowest BCUT2D eigenvalue weighted by atomic mass is 10.1. The van der Waals surface area contributed by atoms with Gasteiger partial charge in [-0.3, -0.25) is 4.79 Å². The molecular formula is C29H29ClN2O5. The summed E-state index contributed by atoms with van der Waals surface area (Å²) in [6.45, 7) is 7.08. The van der Waals surface area contributed by atoms with Gasteiger partial charge in [-0.1, -0.05) is 23.7 Å². The molecule has 0 saturated carbocycles. The van der Waals surface area contributed by atoms with Gasteiger partial charge in [-0.05, 0) is 92.9 Å². The van der Waals surface area contributed by atoms with Crippen LogP contribution < -0.4 is 14.8 Å². The van der Waals surface area contributed by atoms with E-state index in [1.807, 2.05) is 67.9 Å². The second-order valence-electron chi connectivity index (χ2n) is 9.47. The summed E-state index contributed by atoms with van der Waals surface area (Å²) in [6, 6.07) is 18.3. The third-order valence-electron chi connectivity index (χ3n) is 6.24. The number of aromatic nitrogens is 1. The highest BCUT2D eigenvalue weighted by Gasteiger charge is 2.30. The first-order valence-corrected chi connectivity index (χ1v) is 12.2. The van der Waals surface area contributed by atoms with Gasteiger partial charge in [0.05, 0.1) is 0 Å². The minimum atomic E-state index is -1.34.